The lowest BCUT2D eigenvalue weighted by atomic mass is 10.1. The van der Waals surface area contributed by atoms with Crippen LogP contribution in [0.3, 0.4) is 0 Å². The zero-order valence-electron chi connectivity index (χ0n) is 16.9. The number of rotatable bonds is 6. The molecular weight excluding hydrogens is 435 g/mol. The first-order valence-corrected chi connectivity index (χ1v) is 9.50. The largest absolute Gasteiger partial charge is 0.457 e. The Hall–Kier alpha value is -3.04. The average molecular weight is 454 g/mol. The molecule has 0 aliphatic rings. The molecule has 1 amide bonds. The molecule has 1 heterocycles. The highest BCUT2D eigenvalue weighted by molar-refractivity contribution is 6.30. The second-order valence-electron chi connectivity index (χ2n) is 6.68. The summed E-state index contributed by atoms with van der Waals surface area (Å²) in [6.45, 7) is 1.64. The Morgan fingerprint density at radius 2 is 1.65 bits per heavy atom. The number of aryl methyl sites for hydroxylation is 1. The van der Waals surface area contributed by atoms with Gasteiger partial charge in [0, 0.05) is 18.3 Å². The van der Waals surface area contributed by atoms with Crippen molar-refractivity contribution in [1.82, 2.24) is 14.8 Å². The Balaban J connectivity index is 1.79. The molecule has 10 heteroatoms. The van der Waals surface area contributed by atoms with Crippen molar-refractivity contribution in [1.29, 1.82) is 0 Å². The Bertz CT molecular complexity index is 1050. The Kier molecular flexibility index (Phi) is 6.56. The smallest absolute Gasteiger partial charge is 0.435 e. The van der Waals surface area contributed by atoms with Gasteiger partial charge in [0.05, 0.1) is 18.7 Å². The Morgan fingerprint density at radius 1 is 1.10 bits per heavy atom. The normalized spacial score (nSPS) is 12.5. The zero-order valence-corrected chi connectivity index (χ0v) is 17.6. The fraction of sp³-hybridized carbons (Fsp3) is 0.238. The molecule has 0 bridgehead atoms. The third-order valence-electron chi connectivity index (χ3n) is 4.49. The first-order valence-electron chi connectivity index (χ1n) is 9.12. The molecule has 0 spiro atoms. The molecule has 0 N–H and O–H groups in total. The van der Waals surface area contributed by atoms with Crippen molar-refractivity contribution in [3.8, 4) is 11.5 Å². The number of nitrogens with zero attached hydrogens (tertiary/aromatic N) is 3. The van der Waals surface area contributed by atoms with Crippen molar-refractivity contribution in [2.45, 2.75) is 19.1 Å². The molecule has 164 valence electrons. The third-order valence-corrected chi connectivity index (χ3v) is 4.74. The summed E-state index contributed by atoms with van der Waals surface area (Å²) in [4.78, 5) is 18.0. The third kappa shape index (κ3) is 5.18. The molecule has 1 atom stereocenters. The molecule has 0 aliphatic carbocycles. The quantitative estimate of drug-likeness (QED) is 0.453. The monoisotopic (exact) mass is 453 g/mol. The number of carbonyl (C=O) groups is 1. The second-order valence-corrected chi connectivity index (χ2v) is 7.11. The number of hydroxylamine groups is 2. The summed E-state index contributed by atoms with van der Waals surface area (Å²) in [5.41, 5.74) is -1.22. The van der Waals surface area contributed by atoms with Crippen molar-refractivity contribution in [2.24, 2.45) is 7.05 Å². The van der Waals surface area contributed by atoms with Crippen LogP contribution in [0.1, 0.15) is 34.6 Å². The van der Waals surface area contributed by atoms with Crippen LogP contribution < -0.4 is 4.74 Å². The number of halogens is 4. The summed E-state index contributed by atoms with van der Waals surface area (Å²) in [5, 5.41) is 4.83. The molecule has 3 rings (SSSR count). The van der Waals surface area contributed by atoms with Crippen LogP contribution in [0, 0.1) is 0 Å². The van der Waals surface area contributed by atoms with Gasteiger partial charge in [-0.05, 0) is 48.9 Å². The van der Waals surface area contributed by atoms with Crippen molar-refractivity contribution >= 4 is 17.5 Å². The summed E-state index contributed by atoms with van der Waals surface area (Å²) in [5.74, 6) is 0.187. The van der Waals surface area contributed by atoms with Crippen molar-refractivity contribution < 1.29 is 27.5 Å². The topological polar surface area (TPSA) is 56.6 Å². The number of alkyl halides is 3. The van der Waals surface area contributed by atoms with Gasteiger partial charge in [-0.3, -0.25) is 14.3 Å². The Labute approximate surface area is 181 Å². The molecule has 31 heavy (non-hydrogen) atoms. The number of amides is 1. The van der Waals surface area contributed by atoms with Crippen LogP contribution in [0.5, 0.6) is 11.5 Å². The van der Waals surface area contributed by atoms with Crippen LogP contribution in [0.25, 0.3) is 0 Å². The van der Waals surface area contributed by atoms with Gasteiger partial charge in [-0.25, -0.2) is 5.06 Å². The van der Waals surface area contributed by atoms with E-state index in [0.717, 1.165) is 15.9 Å². The molecule has 0 radical (unpaired) electrons. The highest BCUT2D eigenvalue weighted by Gasteiger charge is 2.40. The molecule has 3 aromatic rings. The molecule has 0 aliphatic heterocycles. The van der Waals surface area contributed by atoms with E-state index < -0.39 is 29.4 Å². The minimum atomic E-state index is -4.77. The molecule has 1 aromatic heterocycles. The van der Waals surface area contributed by atoms with Gasteiger partial charge in [-0.1, -0.05) is 23.7 Å². The van der Waals surface area contributed by atoms with Gasteiger partial charge < -0.3 is 4.74 Å². The highest BCUT2D eigenvalue weighted by atomic mass is 35.5. The number of benzene rings is 2. The van der Waals surface area contributed by atoms with Gasteiger partial charge in [0.2, 0.25) is 0 Å². The number of hydrogen-bond donors (Lipinski definition) is 0. The lowest BCUT2D eigenvalue weighted by Gasteiger charge is -2.27. The Morgan fingerprint density at radius 3 is 2.16 bits per heavy atom. The predicted octanol–water partition coefficient (Wildman–Crippen LogP) is 5.65. The molecule has 0 fully saturated rings. The van der Waals surface area contributed by atoms with Crippen LogP contribution in [0.2, 0.25) is 5.02 Å². The van der Waals surface area contributed by atoms with Crippen molar-refractivity contribution in [2.75, 3.05) is 7.11 Å². The summed E-state index contributed by atoms with van der Waals surface area (Å²) in [6.07, 6.45) is -3.75. The molecule has 1 unspecified atom stereocenters. The van der Waals surface area contributed by atoms with E-state index in [1.807, 2.05) is 0 Å². The van der Waals surface area contributed by atoms with Crippen molar-refractivity contribution in [3.05, 3.63) is 76.6 Å². The number of hydrogen-bond acceptors (Lipinski definition) is 4. The van der Waals surface area contributed by atoms with E-state index >= 15 is 0 Å². The van der Waals surface area contributed by atoms with Crippen LogP contribution >= 0.6 is 11.6 Å². The van der Waals surface area contributed by atoms with Gasteiger partial charge in [0.25, 0.3) is 5.91 Å². The summed E-state index contributed by atoms with van der Waals surface area (Å²) in [6, 6.07) is 12.9. The van der Waals surface area contributed by atoms with Crippen LogP contribution in [-0.4, -0.2) is 27.9 Å². The lowest BCUT2D eigenvalue weighted by Crippen LogP contribution is -2.33. The maximum atomic E-state index is 13.3. The van der Waals surface area contributed by atoms with Gasteiger partial charge >= 0.3 is 6.18 Å². The molecule has 2 aromatic carbocycles. The molecule has 0 saturated carbocycles. The minimum absolute atomic E-state index is 0.542. The van der Waals surface area contributed by atoms with E-state index in [1.165, 1.54) is 14.2 Å². The van der Waals surface area contributed by atoms with Crippen LogP contribution in [0.4, 0.5) is 13.2 Å². The van der Waals surface area contributed by atoms with E-state index in [0.29, 0.717) is 22.1 Å². The zero-order chi connectivity index (χ0) is 22.8. The van der Waals surface area contributed by atoms with E-state index in [2.05, 4.69) is 5.10 Å². The molecule has 0 saturated heterocycles. The number of aromatic nitrogens is 2. The standard InChI is InChI=1S/C21H19ClF3N3O3/c1-13(14-4-8-16(9-5-14)31-17-10-6-15(22)7-11-17)28(30-3)20(29)18-12-27(2)26-19(18)21(23,24)25/h4-13H,1-3H3. The van der Waals surface area contributed by atoms with Crippen LogP contribution in [0.15, 0.2) is 54.7 Å². The highest BCUT2D eigenvalue weighted by Crippen LogP contribution is 2.33. The van der Waals surface area contributed by atoms with Gasteiger partial charge in [-0.2, -0.15) is 18.3 Å². The first kappa shape index (κ1) is 22.6. The van der Waals surface area contributed by atoms with E-state index in [9.17, 15) is 18.0 Å². The number of ether oxygens (including phenoxy) is 1. The van der Waals surface area contributed by atoms with Gasteiger partial charge in [-0.15, -0.1) is 0 Å². The van der Waals surface area contributed by atoms with E-state index in [-0.39, 0.29) is 0 Å². The first-order chi connectivity index (χ1) is 14.6. The number of carbonyl (C=O) groups excluding carboxylic acids is 1. The summed E-state index contributed by atoms with van der Waals surface area (Å²) in [7, 11) is 2.53. The molecular formula is C21H19ClF3N3O3. The SMILES string of the molecule is CON(C(=O)c1cn(C)nc1C(F)(F)F)C(C)c1ccc(Oc2ccc(Cl)cc2)cc1. The average Bonchev–Trinajstić information content (AvgIpc) is 3.13. The maximum Gasteiger partial charge on any atom is 0.435 e. The van der Waals surface area contributed by atoms with E-state index in [1.54, 1.807) is 55.5 Å². The lowest BCUT2D eigenvalue weighted by molar-refractivity contribution is -0.143. The van der Waals surface area contributed by atoms with Gasteiger partial charge in [0.1, 0.15) is 11.5 Å². The van der Waals surface area contributed by atoms with E-state index in [4.69, 9.17) is 21.2 Å². The van der Waals surface area contributed by atoms with Gasteiger partial charge in [0.15, 0.2) is 5.69 Å². The predicted molar refractivity (Wildman–Crippen MR) is 108 cm³/mol. The summed E-state index contributed by atoms with van der Waals surface area (Å²) < 4.78 is 46.4. The fourth-order valence-corrected chi connectivity index (χ4v) is 3.10. The fourth-order valence-electron chi connectivity index (χ4n) is 2.98. The summed E-state index contributed by atoms with van der Waals surface area (Å²) >= 11 is 5.85. The molecule has 6 nitrogen and oxygen atoms in total. The second kappa shape index (κ2) is 8.99. The van der Waals surface area contributed by atoms with Crippen LogP contribution in [-0.2, 0) is 18.1 Å². The minimum Gasteiger partial charge on any atom is -0.457 e. The maximum absolute atomic E-state index is 13.3. The van der Waals surface area contributed by atoms with Crippen molar-refractivity contribution in [3.63, 3.8) is 0 Å².